The molecule has 0 bridgehead atoms. The van der Waals surface area contributed by atoms with Gasteiger partial charge in [0.1, 0.15) is 0 Å². The van der Waals surface area contributed by atoms with E-state index in [4.69, 9.17) is 0 Å². The van der Waals surface area contributed by atoms with E-state index < -0.39 is 0 Å². The van der Waals surface area contributed by atoms with Gasteiger partial charge in [0.05, 0.1) is 11.4 Å². The fourth-order valence-electron chi connectivity index (χ4n) is 3.02. The molecule has 170 valence electrons. The number of hydrogen-bond donors (Lipinski definition) is 2. The summed E-state index contributed by atoms with van der Waals surface area (Å²) in [5.74, 6) is -0.359. The van der Waals surface area contributed by atoms with Crippen molar-refractivity contribution >= 4 is 76.6 Å². The second-order valence-corrected chi connectivity index (χ2v) is 11.1. The van der Waals surface area contributed by atoms with Gasteiger partial charge in [-0.3, -0.25) is 9.59 Å². The zero-order chi connectivity index (χ0) is 23.9. The van der Waals surface area contributed by atoms with Crippen molar-refractivity contribution in [3.05, 3.63) is 117 Å². The third-order valence-corrected chi connectivity index (χ3v) is 8.13. The molecule has 0 aliphatic carbocycles. The monoisotopic (exact) mass is 612 g/mol. The Balaban J connectivity index is 1.47. The fourth-order valence-corrected chi connectivity index (χ4v) is 6.10. The Morgan fingerprint density at radius 1 is 0.559 bits per heavy atom. The number of nitrogens with one attached hydrogen (secondary N) is 2. The molecular weight excluding hydrogens is 596 g/mol. The van der Waals surface area contributed by atoms with Crippen LogP contribution in [-0.2, 0) is 0 Å². The van der Waals surface area contributed by atoms with Gasteiger partial charge in [0, 0.05) is 29.9 Å². The number of halogens is 2. The van der Waals surface area contributed by atoms with Crippen LogP contribution in [0.25, 0.3) is 0 Å². The first-order chi connectivity index (χ1) is 16.5. The zero-order valence-electron chi connectivity index (χ0n) is 17.6. The number of para-hydroxylation sites is 2. The summed E-state index contributed by atoms with van der Waals surface area (Å²) in [5.41, 5.74) is 2.59. The highest BCUT2D eigenvalue weighted by molar-refractivity contribution is 9.10. The van der Waals surface area contributed by atoms with Crippen LogP contribution in [0.4, 0.5) is 11.4 Å². The molecule has 4 rings (SSSR count). The summed E-state index contributed by atoms with van der Waals surface area (Å²) in [6.45, 7) is 0. The molecule has 0 heterocycles. The van der Waals surface area contributed by atoms with Crippen LogP contribution in [-0.4, -0.2) is 11.8 Å². The Hall–Kier alpha value is -2.52. The zero-order valence-corrected chi connectivity index (χ0v) is 22.4. The molecule has 0 aromatic heterocycles. The highest BCUT2D eigenvalue weighted by atomic mass is 79.9. The van der Waals surface area contributed by atoms with E-state index in [9.17, 15) is 9.59 Å². The summed E-state index contributed by atoms with van der Waals surface area (Å²) in [6.07, 6.45) is 0. The van der Waals surface area contributed by atoms with E-state index in [1.165, 1.54) is 21.6 Å². The first-order valence-electron chi connectivity index (χ1n) is 10.2. The maximum Gasteiger partial charge on any atom is 0.255 e. The lowest BCUT2D eigenvalue weighted by molar-refractivity contribution is 0.101. The van der Waals surface area contributed by atoms with Gasteiger partial charge in [0.15, 0.2) is 0 Å². The fraction of sp³-hybridized carbons (Fsp3) is 0. The van der Waals surface area contributed by atoms with Crippen molar-refractivity contribution in [2.45, 2.75) is 9.79 Å². The lowest BCUT2D eigenvalue weighted by Gasteiger charge is -2.13. The molecule has 0 aliphatic heterocycles. The SMILES string of the molecule is O=C(Nc1ccccc1SSc1ccccc1NC(=O)c1cccc(Br)c1)c1cccc(Br)c1. The molecular formula is C26H18Br2N2O2S2. The number of hydrogen-bond acceptors (Lipinski definition) is 4. The molecule has 0 saturated carbocycles. The topological polar surface area (TPSA) is 58.2 Å². The Labute approximate surface area is 222 Å². The van der Waals surface area contributed by atoms with Crippen molar-refractivity contribution in [2.75, 3.05) is 10.6 Å². The van der Waals surface area contributed by atoms with E-state index in [0.29, 0.717) is 11.1 Å². The second-order valence-electron chi connectivity index (χ2n) is 7.09. The molecule has 0 aliphatic rings. The number of benzene rings is 4. The summed E-state index contributed by atoms with van der Waals surface area (Å²) in [7, 11) is 3.03. The van der Waals surface area contributed by atoms with Gasteiger partial charge in [-0.1, -0.05) is 89.8 Å². The molecule has 0 atom stereocenters. The Morgan fingerprint density at radius 3 is 1.38 bits per heavy atom. The molecule has 0 fully saturated rings. The predicted molar refractivity (Wildman–Crippen MR) is 149 cm³/mol. The highest BCUT2D eigenvalue weighted by Crippen LogP contribution is 2.43. The standard InChI is InChI=1S/C26H18Br2N2O2S2/c27-19-9-5-7-17(15-19)25(31)29-21-11-1-3-13-23(21)33-34-24-14-4-2-12-22(24)30-26(32)18-8-6-10-20(28)16-18/h1-16H,(H,29,31)(H,30,32). The van der Waals surface area contributed by atoms with E-state index >= 15 is 0 Å². The summed E-state index contributed by atoms with van der Waals surface area (Å²) in [4.78, 5) is 27.3. The molecule has 0 saturated heterocycles. The molecule has 34 heavy (non-hydrogen) atoms. The number of amides is 2. The minimum atomic E-state index is -0.180. The first-order valence-corrected chi connectivity index (χ1v) is 13.9. The molecule has 4 nitrogen and oxygen atoms in total. The molecule has 8 heteroatoms. The maximum absolute atomic E-state index is 12.7. The van der Waals surface area contributed by atoms with Gasteiger partial charge >= 0.3 is 0 Å². The molecule has 0 spiro atoms. The number of anilines is 2. The Bertz CT molecular complexity index is 1240. The lowest BCUT2D eigenvalue weighted by atomic mass is 10.2. The second kappa shape index (κ2) is 11.8. The minimum absolute atomic E-state index is 0.180. The van der Waals surface area contributed by atoms with Gasteiger partial charge in [-0.15, -0.1) is 0 Å². The van der Waals surface area contributed by atoms with E-state index in [0.717, 1.165) is 30.1 Å². The van der Waals surface area contributed by atoms with Crippen molar-refractivity contribution in [2.24, 2.45) is 0 Å². The van der Waals surface area contributed by atoms with Gasteiger partial charge in [0.2, 0.25) is 0 Å². The summed E-state index contributed by atoms with van der Waals surface area (Å²) in [6, 6.07) is 29.8. The minimum Gasteiger partial charge on any atom is -0.321 e. The van der Waals surface area contributed by atoms with E-state index in [-0.39, 0.29) is 11.8 Å². The largest absolute Gasteiger partial charge is 0.321 e. The lowest BCUT2D eigenvalue weighted by Crippen LogP contribution is -2.12. The van der Waals surface area contributed by atoms with Crippen molar-refractivity contribution in [3.8, 4) is 0 Å². The third kappa shape index (κ3) is 6.54. The first kappa shape index (κ1) is 24.6. The average Bonchev–Trinajstić information content (AvgIpc) is 2.84. The molecule has 2 amide bonds. The number of rotatable bonds is 7. The average molecular weight is 614 g/mol. The smallest absolute Gasteiger partial charge is 0.255 e. The Morgan fingerprint density at radius 2 is 0.971 bits per heavy atom. The summed E-state index contributed by atoms with van der Waals surface area (Å²) < 4.78 is 1.69. The third-order valence-electron chi connectivity index (χ3n) is 4.67. The van der Waals surface area contributed by atoms with Crippen molar-refractivity contribution in [1.82, 2.24) is 0 Å². The molecule has 4 aromatic carbocycles. The van der Waals surface area contributed by atoms with Gasteiger partial charge in [-0.05, 0) is 60.7 Å². The van der Waals surface area contributed by atoms with Crippen LogP contribution in [0.1, 0.15) is 20.7 Å². The van der Waals surface area contributed by atoms with Crippen LogP contribution in [0.5, 0.6) is 0 Å². The van der Waals surface area contributed by atoms with Gasteiger partial charge in [0.25, 0.3) is 11.8 Å². The molecule has 0 radical (unpaired) electrons. The van der Waals surface area contributed by atoms with Gasteiger partial charge < -0.3 is 10.6 Å². The quantitative estimate of drug-likeness (QED) is 0.205. The molecule has 2 N–H and O–H groups in total. The van der Waals surface area contributed by atoms with Crippen molar-refractivity contribution in [1.29, 1.82) is 0 Å². The van der Waals surface area contributed by atoms with Gasteiger partial charge in [-0.2, -0.15) is 0 Å². The van der Waals surface area contributed by atoms with E-state index in [1.54, 1.807) is 24.3 Å². The van der Waals surface area contributed by atoms with Crippen LogP contribution in [0.2, 0.25) is 0 Å². The maximum atomic E-state index is 12.7. The Kier molecular flexibility index (Phi) is 8.50. The van der Waals surface area contributed by atoms with Crippen LogP contribution in [0.3, 0.4) is 0 Å². The van der Waals surface area contributed by atoms with Crippen molar-refractivity contribution < 1.29 is 9.59 Å². The summed E-state index contributed by atoms with van der Waals surface area (Å²) >= 11 is 6.81. The van der Waals surface area contributed by atoms with Crippen LogP contribution >= 0.6 is 53.4 Å². The summed E-state index contributed by atoms with van der Waals surface area (Å²) in [5, 5.41) is 5.99. The van der Waals surface area contributed by atoms with E-state index in [2.05, 4.69) is 42.5 Å². The van der Waals surface area contributed by atoms with Crippen LogP contribution < -0.4 is 10.6 Å². The molecule has 0 unspecified atom stereocenters. The van der Waals surface area contributed by atoms with Crippen LogP contribution in [0.15, 0.2) is 116 Å². The van der Waals surface area contributed by atoms with E-state index in [1.807, 2.05) is 72.8 Å². The normalized spacial score (nSPS) is 10.5. The highest BCUT2D eigenvalue weighted by Gasteiger charge is 2.13. The van der Waals surface area contributed by atoms with Gasteiger partial charge in [-0.25, -0.2) is 0 Å². The predicted octanol–water partition coefficient (Wildman–Crippen LogP) is 8.52. The van der Waals surface area contributed by atoms with Crippen LogP contribution in [0, 0.1) is 0 Å². The number of carbonyl (C=O) groups is 2. The molecule has 4 aromatic rings. The number of carbonyl (C=O) groups excluding carboxylic acids is 2. The van der Waals surface area contributed by atoms with Crippen molar-refractivity contribution in [3.63, 3.8) is 0 Å².